The molecule has 2 atom stereocenters. The van der Waals surface area contributed by atoms with Gasteiger partial charge in [0.05, 0.1) is 35.2 Å². The van der Waals surface area contributed by atoms with Crippen LogP contribution in [0.4, 0.5) is 5.82 Å². The van der Waals surface area contributed by atoms with E-state index < -0.39 is 17.7 Å². The highest BCUT2D eigenvalue weighted by Crippen LogP contribution is 2.39. The lowest BCUT2D eigenvalue weighted by Crippen LogP contribution is -2.45. The average Bonchev–Trinajstić information content (AvgIpc) is 3.45. The number of aryl methyl sites for hydroxylation is 2. The van der Waals surface area contributed by atoms with E-state index in [4.69, 9.17) is 24.3 Å². The normalized spacial score (nSPS) is 21.7. The van der Waals surface area contributed by atoms with E-state index in [9.17, 15) is 9.90 Å². The Labute approximate surface area is 283 Å². The van der Waals surface area contributed by atoms with Gasteiger partial charge in [0, 0.05) is 36.0 Å². The van der Waals surface area contributed by atoms with Crippen molar-refractivity contribution in [3.8, 4) is 28.1 Å². The fourth-order valence-corrected chi connectivity index (χ4v) is 6.65. The SMILES string of the molecule is Cc1ccc2c(c1)-c1cccc(c1)-c1cc3nc(C)c([C@H](OC(C)(C)C)C(=O)O)c(n3n1)N1CCC(C)(CC1)OC/C=C/CC[C@H](C)O2. The second-order valence-electron chi connectivity index (χ2n) is 14.5. The summed E-state index contributed by atoms with van der Waals surface area (Å²) in [5.74, 6) is 0.488. The predicted octanol–water partition coefficient (Wildman–Crippen LogP) is 8.11. The van der Waals surface area contributed by atoms with Gasteiger partial charge in [-0.25, -0.2) is 9.78 Å². The first-order chi connectivity index (χ1) is 22.8. The Morgan fingerprint density at radius 1 is 1.06 bits per heavy atom. The van der Waals surface area contributed by atoms with Gasteiger partial charge in [0.15, 0.2) is 11.8 Å². The molecule has 0 amide bonds. The highest BCUT2D eigenvalue weighted by atomic mass is 16.5. The number of allylic oxidation sites excluding steroid dienone is 1. The van der Waals surface area contributed by atoms with Crippen LogP contribution in [0, 0.1) is 13.8 Å². The van der Waals surface area contributed by atoms with Gasteiger partial charge in [-0.15, -0.1) is 0 Å². The van der Waals surface area contributed by atoms with Crippen LogP contribution >= 0.6 is 0 Å². The largest absolute Gasteiger partial charge is 0.490 e. The zero-order chi connectivity index (χ0) is 34.2. The number of aliphatic carboxylic acids is 1. The molecular weight excluding hydrogens is 604 g/mol. The van der Waals surface area contributed by atoms with E-state index in [1.807, 2.05) is 50.4 Å². The van der Waals surface area contributed by atoms with Crippen LogP contribution in [0.3, 0.4) is 0 Å². The smallest absolute Gasteiger partial charge is 0.337 e. The summed E-state index contributed by atoms with van der Waals surface area (Å²) in [6.07, 6.45) is 6.45. The Kier molecular flexibility index (Phi) is 9.37. The van der Waals surface area contributed by atoms with Crippen LogP contribution in [-0.2, 0) is 14.3 Å². The van der Waals surface area contributed by atoms with E-state index in [2.05, 4.69) is 68.2 Å². The molecule has 3 aliphatic heterocycles. The Morgan fingerprint density at radius 3 is 2.54 bits per heavy atom. The van der Waals surface area contributed by atoms with Gasteiger partial charge < -0.3 is 24.2 Å². The number of rotatable bonds is 3. The average molecular weight is 653 g/mol. The van der Waals surface area contributed by atoms with Crippen molar-refractivity contribution < 1.29 is 24.1 Å². The summed E-state index contributed by atoms with van der Waals surface area (Å²) < 4.78 is 21.0. The molecule has 0 saturated carbocycles. The van der Waals surface area contributed by atoms with Crippen LogP contribution in [0.15, 0.2) is 60.7 Å². The van der Waals surface area contributed by atoms with E-state index >= 15 is 0 Å². The molecule has 5 heterocycles. The molecule has 254 valence electrons. The number of ether oxygens (including phenoxy) is 3. The fourth-order valence-electron chi connectivity index (χ4n) is 6.65. The predicted molar refractivity (Wildman–Crippen MR) is 189 cm³/mol. The molecule has 0 aliphatic carbocycles. The minimum Gasteiger partial charge on any atom is -0.490 e. The van der Waals surface area contributed by atoms with Crippen molar-refractivity contribution in [2.45, 2.75) is 97.6 Å². The number of nitrogens with zero attached hydrogens (tertiary/aromatic N) is 4. The summed E-state index contributed by atoms with van der Waals surface area (Å²) in [5.41, 5.74) is 5.66. The molecule has 2 aromatic heterocycles. The van der Waals surface area contributed by atoms with Crippen molar-refractivity contribution >= 4 is 17.4 Å². The van der Waals surface area contributed by atoms with Crippen molar-refractivity contribution in [3.05, 3.63) is 77.5 Å². The van der Waals surface area contributed by atoms with Gasteiger partial charge in [-0.1, -0.05) is 42.0 Å². The molecule has 1 N–H and O–H groups in total. The first kappa shape index (κ1) is 33.7. The maximum atomic E-state index is 12.8. The van der Waals surface area contributed by atoms with Crippen molar-refractivity contribution in [3.63, 3.8) is 0 Å². The number of piperidine rings is 1. The Hall–Kier alpha value is -4.21. The number of hydrogen-bond acceptors (Lipinski definition) is 7. The summed E-state index contributed by atoms with van der Waals surface area (Å²) >= 11 is 0. The molecule has 9 nitrogen and oxygen atoms in total. The molecule has 0 spiro atoms. The van der Waals surface area contributed by atoms with E-state index in [0.717, 1.165) is 59.4 Å². The van der Waals surface area contributed by atoms with Crippen LogP contribution < -0.4 is 9.64 Å². The number of benzene rings is 2. The van der Waals surface area contributed by atoms with Crippen LogP contribution in [0.5, 0.6) is 5.75 Å². The quantitative estimate of drug-likeness (QED) is 0.222. The molecular formula is C39H48N4O5. The first-order valence-corrected chi connectivity index (χ1v) is 17.0. The van der Waals surface area contributed by atoms with Crippen LogP contribution in [0.25, 0.3) is 28.0 Å². The standard InChI is InChI=1S/C39H48N4O5/c1-25-15-16-32-30(22-25)28-13-11-14-29(23-28)31-24-33-40-27(3)34(35(37(44)45)48-38(4,5)6)36(43(33)41-31)42-19-17-39(7,18-20-42)46-21-10-8-9-12-26(2)47-32/h8,10-11,13-16,22-24,26,35H,9,12,17-21H2,1-7H3,(H,44,45)/b10-8+/t26-,35-/m0/s1. The monoisotopic (exact) mass is 652 g/mol. The van der Waals surface area contributed by atoms with E-state index in [0.29, 0.717) is 42.4 Å². The molecule has 6 bridgehead atoms. The minimum atomic E-state index is -1.22. The van der Waals surface area contributed by atoms with E-state index in [1.165, 1.54) is 0 Å². The fraction of sp³-hybridized carbons (Fsp3) is 0.462. The van der Waals surface area contributed by atoms with Crippen LogP contribution in [0.2, 0.25) is 0 Å². The highest BCUT2D eigenvalue weighted by molar-refractivity contribution is 5.80. The van der Waals surface area contributed by atoms with Gasteiger partial charge in [0.1, 0.15) is 11.6 Å². The lowest BCUT2D eigenvalue weighted by molar-refractivity contribution is -0.160. The minimum absolute atomic E-state index is 0.0356. The summed E-state index contributed by atoms with van der Waals surface area (Å²) in [5, 5.41) is 15.6. The first-order valence-electron chi connectivity index (χ1n) is 17.0. The van der Waals surface area contributed by atoms with Crippen molar-refractivity contribution in [2.75, 3.05) is 24.6 Å². The van der Waals surface area contributed by atoms with Crippen molar-refractivity contribution in [2.24, 2.45) is 0 Å². The maximum Gasteiger partial charge on any atom is 0.337 e. The zero-order valence-electron chi connectivity index (χ0n) is 29.2. The van der Waals surface area contributed by atoms with Crippen LogP contribution in [-0.4, -0.2) is 62.7 Å². The Balaban J connectivity index is 1.53. The van der Waals surface area contributed by atoms with Gasteiger partial charge in [-0.2, -0.15) is 9.61 Å². The summed E-state index contributed by atoms with van der Waals surface area (Å²) in [6.45, 7) is 15.7. The Morgan fingerprint density at radius 2 is 1.81 bits per heavy atom. The number of carboxylic acid groups (broad SMARTS) is 1. The maximum absolute atomic E-state index is 12.8. The third-order valence-corrected chi connectivity index (χ3v) is 9.25. The zero-order valence-corrected chi connectivity index (χ0v) is 29.2. The second-order valence-corrected chi connectivity index (χ2v) is 14.5. The molecule has 1 saturated heterocycles. The molecule has 1 fully saturated rings. The van der Waals surface area contributed by atoms with Crippen molar-refractivity contribution in [1.82, 2.24) is 14.6 Å². The molecule has 2 aromatic carbocycles. The summed E-state index contributed by atoms with van der Waals surface area (Å²) in [6, 6.07) is 16.6. The number of fused-ring (bicyclic) bond motifs is 8. The molecule has 0 radical (unpaired) electrons. The molecule has 0 unspecified atom stereocenters. The number of aromatic nitrogens is 3. The topological polar surface area (TPSA) is 98.4 Å². The molecule has 4 aromatic rings. The molecule has 48 heavy (non-hydrogen) atoms. The van der Waals surface area contributed by atoms with Gasteiger partial charge in [-0.3, -0.25) is 0 Å². The molecule has 7 rings (SSSR count). The van der Waals surface area contributed by atoms with Gasteiger partial charge in [0.25, 0.3) is 0 Å². The van der Waals surface area contributed by atoms with E-state index in [-0.39, 0.29) is 11.7 Å². The summed E-state index contributed by atoms with van der Waals surface area (Å²) in [4.78, 5) is 20.0. The summed E-state index contributed by atoms with van der Waals surface area (Å²) in [7, 11) is 0. The lowest BCUT2D eigenvalue weighted by Gasteiger charge is -2.41. The van der Waals surface area contributed by atoms with Gasteiger partial charge >= 0.3 is 5.97 Å². The molecule has 9 heteroatoms. The number of carbonyl (C=O) groups is 1. The highest BCUT2D eigenvalue weighted by Gasteiger charge is 2.37. The number of anilines is 1. The number of carboxylic acids is 1. The number of hydrogen-bond donors (Lipinski definition) is 1. The van der Waals surface area contributed by atoms with Crippen LogP contribution in [0.1, 0.15) is 83.2 Å². The second kappa shape index (κ2) is 13.4. The van der Waals surface area contributed by atoms with Gasteiger partial charge in [0.2, 0.25) is 0 Å². The van der Waals surface area contributed by atoms with E-state index in [1.54, 1.807) is 0 Å². The lowest BCUT2D eigenvalue weighted by atomic mass is 9.92. The molecule has 3 aliphatic rings. The van der Waals surface area contributed by atoms with Gasteiger partial charge in [-0.05, 0) is 97.9 Å². The third kappa shape index (κ3) is 7.27. The van der Waals surface area contributed by atoms with Crippen molar-refractivity contribution in [1.29, 1.82) is 0 Å². The Bertz CT molecular complexity index is 1830. The third-order valence-electron chi connectivity index (χ3n) is 9.25.